The van der Waals surface area contributed by atoms with E-state index >= 15 is 0 Å². The van der Waals surface area contributed by atoms with E-state index in [9.17, 15) is 9.90 Å². The Morgan fingerprint density at radius 1 is 1.33 bits per heavy atom. The van der Waals surface area contributed by atoms with Crippen molar-refractivity contribution in [2.24, 2.45) is 0 Å². The zero-order chi connectivity index (χ0) is 8.27. The molecule has 12 heavy (non-hydrogen) atoms. The minimum absolute atomic E-state index is 0. The van der Waals surface area contributed by atoms with Crippen LogP contribution in [-0.4, -0.2) is 5.97 Å². The van der Waals surface area contributed by atoms with E-state index in [1.807, 2.05) is 18.2 Å². The molecule has 1 aromatic rings. The van der Waals surface area contributed by atoms with Crippen LogP contribution >= 0.6 is 0 Å². The van der Waals surface area contributed by atoms with Gasteiger partial charge in [0.15, 0.2) is 0 Å². The average molecular weight is 172 g/mol. The fourth-order valence-electron chi connectivity index (χ4n) is 0.878. The van der Waals surface area contributed by atoms with Gasteiger partial charge in [0.2, 0.25) is 0 Å². The van der Waals surface area contributed by atoms with E-state index < -0.39 is 11.9 Å². The Hall–Kier alpha value is -0.310. The Balaban J connectivity index is 0.00000121. The minimum atomic E-state index is -1.03. The van der Waals surface area contributed by atoms with Gasteiger partial charge in [0.05, 0.1) is 0 Å². The van der Waals surface area contributed by atoms with Crippen LogP contribution in [0.4, 0.5) is 0 Å². The van der Waals surface area contributed by atoms with Gasteiger partial charge in [-0.2, -0.15) is 0 Å². The first-order valence-electron chi connectivity index (χ1n) is 3.47. The number of rotatable bonds is 2. The summed E-state index contributed by atoms with van der Waals surface area (Å²) in [6.45, 7) is 1.62. The van der Waals surface area contributed by atoms with Gasteiger partial charge in [-0.25, -0.2) is 0 Å². The standard InChI is InChI=1S/C9H10O2.Na/c1-7(9(10)11)8-5-3-2-4-6-8;/h2-7H,1H3,(H,10,11);/q;+1/p-1. The third-order valence-corrected chi connectivity index (χ3v) is 1.65. The van der Waals surface area contributed by atoms with Crippen molar-refractivity contribution >= 4 is 5.97 Å². The maximum Gasteiger partial charge on any atom is 1.00 e. The van der Waals surface area contributed by atoms with Gasteiger partial charge in [0.1, 0.15) is 0 Å². The topological polar surface area (TPSA) is 40.1 Å². The molecule has 0 amide bonds. The van der Waals surface area contributed by atoms with Crippen molar-refractivity contribution in [2.45, 2.75) is 12.8 Å². The van der Waals surface area contributed by atoms with Crippen molar-refractivity contribution in [1.29, 1.82) is 0 Å². The summed E-state index contributed by atoms with van der Waals surface area (Å²) in [7, 11) is 0. The molecule has 0 bridgehead atoms. The summed E-state index contributed by atoms with van der Waals surface area (Å²) in [6.07, 6.45) is 0. The van der Waals surface area contributed by atoms with Crippen LogP contribution in [-0.2, 0) is 4.79 Å². The molecule has 0 radical (unpaired) electrons. The Bertz CT molecular complexity index is 246. The maximum absolute atomic E-state index is 10.4. The van der Waals surface area contributed by atoms with Crippen molar-refractivity contribution in [3.63, 3.8) is 0 Å². The van der Waals surface area contributed by atoms with Crippen LogP contribution in [0, 0.1) is 0 Å². The molecule has 0 spiro atoms. The van der Waals surface area contributed by atoms with Crippen LogP contribution in [0.3, 0.4) is 0 Å². The number of aliphatic carboxylic acids is 1. The first-order valence-corrected chi connectivity index (χ1v) is 3.47. The van der Waals surface area contributed by atoms with Crippen molar-refractivity contribution < 1.29 is 39.5 Å². The molecule has 0 saturated heterocycles. The number of benzene rings is 1. The van der Waals surface area contributed by atoms with Crippen LogP contribution in [0.1, 0.15) is 18.4 Å². The minimum Gasteiger partial charge on any atom is -0.550 e. The van der Waals surface area contributed by atoms with Gasteiger partial charge in [-0.15, -0.1) is 0 Å². The molecule has 0 N–H and O–H groups in total. The molecule has 0 saturated carbocycles. The second-order valence-corrected chi connectivity index (χ2v) is 2.45. The van der Waals surface area contributed by atoms with Crippen molar-refractivity contribution in [3.05, 3.63) is 35.9 Å². The summed E-state index contributed by atoms with van der Waals surface area (Å²) in [5, 5.41) is 10.4. The Labute approximate surface area is 93.9 Å². The second-order valence-electron chi connectivity index (χ2n) is 2.45. The van der Waals surface area contributed by atoms with E-state index in [4.69, 9.17) is 0 Å². The summed E-state index contributed by atoms with van der Waals surface area (Å²) in [5.41, 5.74) is 0.785. The SMILES string of the molecule is CC(C(=O)[O-])c1ccccc1.[Na+]. The van der Waals surface area contributed by atoms with Crippen LogP contribution in [0.15, 0.2) is 30.3 Å². The van der Waals surface area contributed by atoms with Crippen LogP contribution in [0.2, 0.25) is 0 Å². The molecule has 1 aromatic carbocycles. The third-order valence-electron chi connectivity index (χ3n) is 1.65. The number of hydrogen-bond acceptors (Lipinski definition) is 2. The summed E-state index contributed by atoms with van der Waals surface area (Å²) >= 11 is 0. The summed E-state index contributed by atoms with van der Waals surface area (Å²) in [5.74, 6) is -1.55. The normalized spacial score (nSPS) is 11.4. The number of hydrogen-bond donors (Lipinski definition) is 0. The Morgan fingerprint density at radius 2 is 1.83 bits per heavy atom. The maximum atomic E-state index is 10.4. The van der Waals surface area contributed by atoms with Crippen LogP contribution < -0.4 is 34.7 Å². The molecule has 58 valence electrons. The molecule has 0 aliphatic carbocycles. The predicted molar refractivity (Wildman–Crippen MR) is 39.9 cm³/mol. The molecule has 0 aromatic heterocycles. The first kappa shape index (κ1) is 11.7. The summed E-state index contributed by atoms with van der Waals surface area (Å²) in [4.78, 5) is 10.4. The third kappa shape index (κ3) is 2.97. The largest absolute Gasteiger partial charge is 1.00 e. The molecule has 0 fully saturated rings. The van der Waals surface area contributed by atoms with Gasteiger partial charge < -0.3 is 9.90 Å². The monoisotopic (exact) mass is 172 g/mol. The fraction of sp³-hybridized carbons (Fsp3) is 0.222. The van der Waals surface area contributed by atoms with Gasteiger partial charge >= 0.3 is 29.6 Å². The summed E-state index contributed by atoms with van der Waals surface area (Å²) < 4.78 is 0. The molecule has 0 aliphatic rings. The zero-order valence-corrected chi connectivity index (χ0v) is 9.28. The molecule has 1 rings (SSSR count). The predicted octanol–water partition coefficient (Wildman–Crippen LogP) is -2.46. The van der Waals surface area contributed by atoms with E-state index in [2.05, 4.69) is 0 Å². The zero-order valence-electron chi connectivity index (χ0n) is 7.28. The van der Waals surface area contributed by atoms with Gasteiger partial charge in [0.25, 0.3) is 0 Å². The van der Waals surface area contributed by atoms with Gasteiger partial charge in [-0.3, -0.25) is 0 Å². The van der Waals surface area contributed by atoms with E-state index in [0.29, 0.717) is 0 Å². The van der Waals surface area contributed by atoms with Crippen LogP contribution in [0.5, 0.6) is 0 Å². The van der Waals surface area contributed by atoms with Gasteiger partial charge in [-0.05, 0) is 5.56 Å². The molecular formula is C9H9NaO2. The average Bonchev–Trinajstić information content (AvgIpc) is 2.05. The Kier molecular flexibility index (Phi) is 5.22. The molecule has 3 heteroatoms. The fourth-order valence-corrected chi connectivity index (χ4v) is 0.878. The molecule has 0 aliphatic heterocycles. The van der Waals surface area contributed by atoms with E-state index in [1.54, 1.807) is 19.1 Å². The molecule has 1 unspecified atom stereocenters. The van der Waals surface area contributed by atoms with Crippen molar-refractivity contribution in [2.75, 3.05) is 0 Å². The van der Waals surface area contributed by atoms with Crippen LogP contribution in [0.25, 0.3) is 0 Å². The van der Waals surface area contributed by atoms with Crippen molar-refractivity contribution in [3.8, 4) is 0 Å². The van der Waals surface area contributed by atoms with E-state index in [-0.39, 0.29) is 29.6 Å². The molecular weight excluding hydrogens is 163 g/mol. The first-order chi connectivity index (χ1) is 5.22. The molecule has 1 atom stereocenters. The number of carbonyl (C=O) groups excluding carboxylic acids is 1. The second kappa shape index (κ2) is 5.36. The summed E-state index contributed by atoms with van der Waals surface area (Å²) in [6, 6.07) is 9.04. The number of carboxylic acid groups (broad SMARTS) is 1. The van der Waals surface area contributed by atoms with Gasteiger partial charge in [-0.1, -0.05) is 37.3 Å². The number of carbonyl (C=O) groups is 1. The smallest absolute Gasteiger partial charge is 0.550 e. The number of carboxylic acids is 1. The van der Waals surface area contributed by atoms with E-state index in [1.165, 1.54) is 0 Å². The van der Waals surface area contributed by atoms with Crippen molar-refractivity contribution in [1.82, 2.24) is 0 Å². The van der Waals surface area contributed by atoms with E-state index in [0.717, 1.165) is 5.56 Å². The van der Waals surface area contributed by atoms with Gasteiger partial charge in [0, 0.05) is 11.9 Å². The Morgan fingerprint density at radius 3 is 2.25 bits per heavy atom. The quantitative estimate of drug-likeness (QED) is 0.464. The molecule has 0 heterocycles. The molecule has 2 nitrogen and oxygen atoms in total.